The molecule has 3 aromatic rings. The van der Waals surface area contributed by atoms with Crippen LogP contribution in [-0.2, 0) is 6.54 Å². The molecule has 0 amide bonds. The molecule has 0 aliphatic rings. The van der Waals surface area contributed by atoms with Crippen molar-refractivity contribution in [1.82, 2.24) is 14.5 Å². The van der Waals surface area contributed by atoms with Crippen molar-refractivity contribution in [2.45, 2.75) is 13.5 Å². The lowest BCUT2D eigenvalue weighted by atomic mass is 10.2. The van der Waals surface area contributed by atoms with E-state index >= 15 is 0 Å². The number of aromatic nitrogens is 3. The second-order valence-electron chi connectivity index (χ2n) is 4.23. The fourth-order valence-electron chi connectivity index (χ4n) is 1.97. The summed E-state index contributed by atoms with van der Waals surface area (Å²) in [5.41, 5.74) is 2.39. The van der Waals surface area contributed by atoms with E-state index in [4.69, 9.17) is 0 Å². The Morgan fingerprint density at radius 2 is 2.28 bits per heavy atom. The molecule has 0 unspecified atom stereocenters. The first-order valence-electron chi connectivity index (χ1n) is 5.78. The van der Waals surface area contributed by atoms with Crippen LogP contribution in [0, 0.1) is 6.92 Å². The Morgan fingerprint density at radius 1 is 1.33 bits per heavy atom. The van der Waals surface area contributed by atoms with Gasteiger partial charge in [-0.1, -0.05) is 12.1 Å². The average Bonchev–Trinajstić information content (AvgIpc) is 2.98. The summed E-state index contributed by atoms with van der Waals surface area (Å²) in [6, 6.07) is 6.30. The van der Waals surface area contributed by atoms with Crippen LogP contribution < -0.4 is 0 Å². The van der Waals surface area contributed by atoms with Crippen LogP contribution in [0.1, 0.15) is 11.1 Å². The fourth-order valence-corrected chi connectivity index (χ4v) is 2.70. The van der Waals surface area contributed by atoms with Crippen LogP contribution in [0.2, 0.25) is 0 Å². The molecule has 0 bridgehead atoms. The molecular formula is C14H13N3S. The standard InChI is InChI=1S/C14H13N3S/c1-11-7-12(9-15-8-11)10-17-5-4-16-14(17)13-3-2-6-18-13/h2-9H,10H2,1H3. The Kier molecular flexibility index (Phi) is 2.94. The number of nitrogens with zero attached hydrogens (tertiary/aromatic N) is 3. The molecule has 0 aliphatic heterocycles. The van der Waals surface area contributed by atoms with Gasteiger partial charge in [-0.2, -0.15) is 0 Å². The van der Waals surface area contributed by atoms with Gasteiger partial charge in [-0.15, -0.1) is 11.3 Å². The second kappa shape index (κ2) is 4.74. The van der Waals surface area contributed by atoms with Crippen molar-refractivity contribution in [2.75, 3.05) is 0 Å². The molecule has 3 nitrogen and oxygen atoms in total. The zero-order valence-corrected chi connectivity index (χ0v) is 10.9. The van der Waals surface area contributed by atoms with Crippen molar-refractivity contribution >= 4 is 11.3 Å². The second-order valence-corrected chi connectivity index (χ2v) is 5.17. The summed E-state index contributed by atoms with van der Waals surface area (Å²) in [6.45, 7) is 2.87. The number of thiophene rings is 1. The molecule has 0 aromatic carbocycles. The highest BCUT2D eigenvalue weighted by atomic mass is 32.1. The topological polar surface area (TPSA) is 30.7 Å². The highest BCUT2D eigenvalue weighted by molar-refractivity contribution is 7.13. The number of pyridine rings is 1. The van der Waals surface area contributed by atoms with Crippen molar-refractivity contribution < 1.29 is 0 Å². The zero-order valence-electron chi connectivity index (χ0n) is 10.1. The molecule has 0 aliphatic carbocycles. The van der Waals surface area contributed by atoms with Crippen LogP contribution in [0.15, 0.2) is 48.4 Å². The fraction of sp³-hybridized carbons (Fsp3) is 0.143. The van der Waals surface area contributed by atoms with Crippen LogP contribution in [0.25, 0.3) is 10.7 Å². The average molecular weight is 255 g/mol. The van der Waals surface area contributed by atoms with Crippen LogP contribution in [0.4, 0.5) is 0 Å². The van der Waals surface area contributed by atoms with Gasteiger partial charge in [0.2, 0.25) is 0 Å². The molecule has 0 radical (unpaired) electrons. The van der Waals surface area contributed by atoms with E-state index in [1.807, 2.05) is 30.9 Å². The predicted molar refractivity (Wildman–Crippen MR) is 73.6 cm³/mol. The predicted octanol–water partition coefficient (Wildman–Crippen LogP) is 3.36. The summed E-state index contributed by atoms with van der Waals surface area (Å²) in [4.78, 5) is 9.85. The van der Waals surface area contributed by atoms with Crippen molar-refractivity contribution in [3.8, 4) is 10.7 Å². The minimum absolute atomic E-state index is 0.807. The van der Waals surface area contributed by atoms with Gasteiger partial charge in [0.05, 0.1) is 11.4 Å². The normalized spacial score (nSPS) is 10.7. The third-order valence-electron chi connectivity index (χ3n) is 2.74. The molecule has 3 aromatic heterocycles. The lowest BCUT2D eigenvalue weighted by Gasteiger charge is -2.06. The van der Waals surface area contributed by atoms with Gasteiger partial charge in [0.15, 0.2) is 0 Å². The van der Waals surface area contributed by atoms with Gasteiger partial charge < -0.3 is 4.57 Å². The van der Waals surface area contributed by atoms with E-state index in [2.05, 4.69) is 39.0 Å². The maximum atomic E-state index is 4.43. The first-order chi connectivity index (χ1) is 8.83. The minimum atomic E-state index is 0.807. The SMILES string of the molecule is Cc1cncc(Cn2ccnc2-c2cccs2)c1. The van der Waals surface area contributed by atoms with E-state index in [1.165, 1.54) is 16.0 Å². The van der Waals surface area contributed by atoms with Gasteiger partial charge in [-0.25, -0.2) is 4.98 Å². The quantitative estimate of drug-likeness (QED) is 0.718. The molecular weight excluding hydrogens is 242 g/mol. The van der Waals surface area contributed by atoms with Gasteiger partial charge in [0.25, 0.3) is 0 Å². The lowest BCUT2D eigenvalue weighted by Crippen LogP contribution is -2.01. The summed E-state index contributed by atoms with van der Waals surface area (Å²) >= 11 is 1.71. The van der Waals surface area contributed by atoms with Crippen LogP contribution in [-0.4, -0.2) is 14.5 Å². The molecule has 4 heteroatoms. The van der Waals surface area contributed by atoms with E-state index < -0.39 is 0 Å². The number of rotatable bonds is 3. The molecule has 3 rings (SSSR count). The lowest BCUT2D eigenvalue weighted by molar-refractivity contribution is 0.803. The van der Waals surface area contributed by atoms with Crippen LogP contribution >= 0.6 is 11.3 Å². The first-order valence-corrected chi connectivity index (χ1v) is 6.66. The number of hydrogen-bond donors (Lipinski definition) is 0. The van der Waals surface area contributed by atoms with Gasteiger partial charge >= 0.3 is 0 Å². The zero-order chi connectivity index (χ0) is 12.4. The Morgan fingerprint density at radius 3 is 3.06 bits per heavy atom. The Labute approximate surface area is 110 Å². The molecule has 18 heavy (non-hydrogen) atoms. The molecule has 0 saturated carbocycles. The van der Waals surface area contributed by atoms with Crippen LogP contribution in [0.3, 0.4) is 0 Å². The van der Waals surface area contributed by atoms with Crippen molar-refractivity contribution in [3.05, 3.63) is 59.5 Å². The van der Waals surface area contributed by atoms with E-state index in [9.17, 15) is 0 Å². The summed E-state index contributed by atoms with van der Waals surface area (Å²) in [7, 11) is 0. The van der Waals surface area contributed by atoms with E-state index in [0.29, 0.717) is 0 Å². The smallest absolute Gasteiger partial charge is 0.150 e. The van der Waals surface area contributed by atoms with Crippen LogP contribution in [0.5, 0.6) is 0 Å². The Bertz CT molecular complexity index is 641. The molecule has 0 atom stereocenters. The van der Waals surface area contributed by atoms with Gasteiger partial charge in [0, 0.05) is 24.8 Å². The Balaban J connectivity index is 1.92. The molecule has 90 valence electrons. The first kappa shape index (κ1) is 11.2. The third-order valence-corrected chi connectivity index (χ3v) is 3.61. The van der Waals surface area contributed by atoms with Gasteiger partial charge in [0.1, 0.15) is 5.82 Å². The summed E-state index contributed by atoms with van der Waals surface area (Å²) in [5, 5.41) is 2.07. The monoisotopic (exact) mass is 255 g/mol. The van der Waals surface area contributed by atoms with Gasteiger partial charge in [-0.05, 0) is 29.5 Å². The Hall–Kier alpha value is -1.94. The van der Waals surface area contributed by atoms with E-state index in [0.717, 1.165) is 12.4 Å². The number of hydrogen-bond acceptors (Lipinski definition) is 3. The van der Waals surface area contributed by atoms with E-state index in [-0.39, 0.29) is 0 Å². The molecule has 0 fully saturated rings. The highest BCUT2D eigenvalue weighted by Gasteiger charge is 2.07. The molecule has 3 heterocycles. The molecule has 0 saturated heterocycles. The molecule has 0 N–H and O–H groups in total. The van der Waals surface area contributed by atoms with E-state index in [1.54, 1.807) is 11.3 Å². The number of aryl methyl sites for hydroxylation is 1. The van der Waals surface area contributed by atoms with Crippen molar-refractivity contribution in [2.24, 2.45) is 0 Å². The summed E-state index contributed by atoms with van der Waals surface area (Å²) in [5.74, 6) is 1.02. The third kappa shape index (κ3) is 2.19. The molecule has 0 spiro atoms. The minimum Gasteiger partial charge on any atom is -0.326 e. The maximum absolute atomic E-state index is 4.43. The number of imidazole rings is 1. The summed E-state index contributed by atoms with van der Waals surface area (Å²) < 4.78 is 2.16. The van der Waals surface area contributed by atoms with Crippen molar-refractivity contribution in [3.63, 3.8) is 0 Å². The van der Waals surface area contributed by atoms with Crippen molar-refractivity contribution in [1.29, 1.82) is 0 Å². The highest BCUT2D eigenvalue weighted by Crippen LogP contribution is 2.23. The summed E-state index contributed by atoms with van der Waals surface area (Å²) in [6.07, 6.45) is 7.64. The van der Waals surface area contributed by atoms with Gasteiger partial charge in [-0.3, -0.25) is 4.98 Å². The maximum Gasteiger partial charge on any atom is 0.150 e. The largest absolute Gasteiger partial charge is 0.326 e.